The fraction of sp³-hybridized carbons (Fsp3) is 0.167. The van der Waals surface area contributed by atoms with Gasteiger partial charge in [-0.1, -0.05) is 17.8 Å². The lowest BCUT2D eigenvalue weighted by molar-refractivity contribution is -0.114. The van der Waals surface area contributed by atoms with Crippen molar-refractivity contribution in [1.29, 1.82) is 0 Å². The quantitative estimate of drug-likeness (QED) is 0.652. The highest BCUT2D eigenvalue weighted by Crippen LogP contribution is 2.28. The Morgan fingerprint density at radius 2 is 2.08 bits per heavy atom. The Labute approximate surface area is 154 Å². The summed E-state index contributed by atoms with van der Waals surface area (Å²) < 4.78 is 7.19. The minimum Gasteiger partial charge on any atom is -0.495 e. The van der Waals surface area contributed by atoms with E-state index in [1.165, 1.54) is 25.8 Å². The number of carbonyl (C=O) groups is 2. The van der Waals surface area contributed by atoms with Gasteiger partial charge >= 0.3 is 0 Å². The van der Waals surface area contributed by atoms with Crippen molar-refractivity contribution < 1.29 is 14.3 Å². The molecule has 0 unspecified atom stereocenters. The van der Waals surface area contributed by atoms with E-state index in [1.54, 1.807) is 24.4 Å². The summed E-state index contributed by atoms with van der Waals surface area (Å²) in [5, 5.41) is 6.24. The summed E-state index contributed by atoms with van der Waals surface area (Å²) in [4.78, 5) is 27.9. The number of nitrogens with one attached hydrogen (secondary N) is 2. The number of amides is 2. The fourth-order valence-electron chi connectivity index (χ4n) is 2.43. The summed E-state index contributed by atoms with van der Waals surface area (Å²) >= 11 is 1.34. The number of benzene rings is 1. The zero-order valence-corrected chi connectivity index (χ0v) is 15.2. The van der Waals surface area contributed by atoms with Gasteiger partial charge in [0, 0.05) is 18.8 Å². The first-order valence-corrected chi connectivity index (χ1v) is 8.86. The number of pyridine rings is 1. The van der Waals surface area contributed by atoms with E-state index in [0.717, 1.165) is 10.7 Å². The predicted octanol–water partition coefficient (Wildman–Crippen LogP) is 3.03. The van der Waals surface area contributed by atoms with E-state index in [1.807, 2.05) is 28.8 Å². The van der Waals surface area contributed by atoms with Crippen LogP contribution >= 0.6 is 11.8 Å². The molecule has 2 N–H and O–H groups in total. The Morgan fingerprint density at radius 1 is 1.23 bits per heavy atom. The lowest BCUT2D eigenvalue weighted by Gasteiger charge is -2.12. The van der Waals surface area contributed by atoms with Crippen LogP contribution < -0.4 is 15.4 Å². The number of hydrogen-bond donors (Lipinski definition) is 2. The monoisotopic (exact) mass is 370 g/mol. The molecule has 0 radical (unpaired) electrons. The number of fused-ring (bicyclic) bond motifs is 1. The standard InChI is InChI=1S/C18H18N4O3S/c1-12(23)20-13-6-7-16(25-2)15(9-13)21-17(24)11-26-18-19-10-14-5-3-4-8-22(14)18/h3-10H,11H2,1-2H3,(H,20,23)(H,21,24). The zero-order chi connectivity index (χ0) is 18.5. The maximum Gasteiger partial charge on any atom is 0.234 e. The molecule has 3 rings (SSSR count). The Morgan fingerprint density at radius 3 is 2.85 bits per heavy atom. The van der Waals surface area contributed by atoms with Crippen molar-refractivity contribution in [2.24, 2.45) is 0 Å². The molecule has 0 aliphatic carbocycles. The highest BCUT2D eigenvalue weighted by atomic mass is 32.2. The molecule has 0 aliphatic heterocycles. The number of anilines is 2. The van der Waals surface area contributed by atoms with Crippen molar-refractivity contribution in [3.63, 3.8) is 0 Å². The van der Waals surface area contributed by atoms with Crippen LogP contribution in [0.3, 0.4) is 0 Å². The molecule has 7 nitrogen and oxygen atoms in total. The van der Waals surface area contributed by atoms with Gasteiger partial charge in [0.1, 0.15) is 5.75 Å². The first-order chi connectivity index (χ1) is 12.6. The highest BCUT2D eigenvalue weighted by Gasteiger charge is 2.11. The number of thioether (sulfide) groups is 1. The van der Waals surface area contributed by atoms with Gasteiger partial charge in [0.15, 0.2) is 5.16 Å². The number of methoxy groups -OCH3 is 1. The van der Waals surface area contributed by atoms with Gasteiger partial charge in [-0.15, -0.1) is 0 Å². The molecule has 3 aromatic rings. The van der Waals surface area contributed by atoms with Crippen molar-refractivity contribution >= 4 is 40.5 Å². The van der Waals surface area contributed by atoms with Gasteiger partial charge in [0.2, 0.25) is 11.8 Å². The van der Waals surface area contributed by atoms with Crippen LogP contribution in [0.4, 0.5) is 11.4 Å². The second kappa shape index (κ2) is 7.92. The Balaban J connectivity index is 1.68. The van der Waals surface area contributed by atoms with E-state index in [2.05, 4.69) is 15.6 Å². The number of aromatic nitrogens is 2. The van der Waals surface area contributed by atoms with Gasteiger partial charge in [-0.05, 0) is 30.3 Å². The average molecular weight is 370 g/mol. The highest BCUT2D eigenvalue weighted by molar-refractivity contribution is 7.99. The molecule has 0 atom stereocenters. The SMILES string of the molecule is COc1ccc(NC(C)=O)cc1NC(=O)CSc1ncc2ccccn12. The smallest absolute Gasteiger partial charge is 0.234 e. The third-order valence-corrected chi connectivity index (χ3v) is 4.50. The average Bonchev–Trinajstić information content (AvgIpc) is 3.03. The Hall–Kier alpha value is -3.00. The van der Waals surface area contributed by atoms with Crippen LogP contribution in [0.2, 0.25) is 0 Å². The van der Waals surface area contributed by atoms with Gasteiger partial charge < -0.3 is 15.4 Å². The number of nitrogens with zero attached hydrogens (tertiary/aromatic N) is 2. The maximum absolute atomic E-state index is 12.3. The third kappa shape index (κ3) is 4.15. The fourth-order valence-corrected chi connectivity index (χ4v) is 3.19. The predicted molar refractivity (Wildman–Crippen MR) is 102 cm³/mol. The van der Waals surface area contributed by atoms with Crippen LogP contribution in [-0.2, 0) is 9.59 Å². The number of rotatable bonds is 6. The van der Waals surface area contributed by atoms with E-state index in [-0.39, 0.29) is 17.6 Å². The molecule has 0 bridgehead atoms. The number of carbonyl (C=O) groups excluding carboxylic acids is 2. The van der Waals surface area contributed by atoms with E-state index >= 15 is 0 Å². The Bertz CT molecular complexity index is 955. The molecule has 0 saturated heterocycles. The second-order valence-electron chi connectivity index (χ2n) is 5.47. The molecule has 26 heavy (non-hydrogen) atoms. The van der Waals surface area contributed by atoms with Crippen LogP contribution in [0.1, 0.15) is 6.92 Å². The first-order valence-electron chi connectivity index (χ1n) is 7.87. The van der Waals surface area contributed by atoms with Crippen LogP contribution in [-0.4, -0.2) is 34.1 Å². The third-order valence-electron chi connectivity index (χ3n) is 3.53. The molecule has 0 fully saturated rings. The molecule has 8 heteroatoms. The largest absolute Gasteiger partial charge is 0.495 e. The number of imidazole rings is 1. The van der Waals surface area contributed by atoms with Crippen LogP contribution in [0, 0.1) is 0 Å². The lowest BCUT2D eigenvalue weighted by atomic mass is 10.2. The molecule has 2 heterocycles. The van der Waals surface area contributed by atoms with Crippen molar-refractivity contribution in [3.8, 4) is 5.75 Å². The van der Waals surface area contributed by atoms with E-state index in [0.29, 0.717) is 17.1 Å². The van der Waals surface area contributed by atoms with Crippen molar-refractivity contribution in [1.82, 2.24) is 9.38 Å². The maximum atomic E-state index is 12.3. The van der Waals surface area contributed by atoms with Gasteiger partial charge in [-0.2, -0.15) is 0 Å². The summed E-state index contributed by atoms with van der Waals surface area (Å²) in [6.07, 6.45) is 3.67. The molecule has 2 amide bonds. The summed E-state index contributed by atoms with van der Waals surface area (Å²) in [6, 6.07) is 10.9. The normalized spacial score (nSPS) is 10.5. The van der Waals surface area contributed by atoms with E-state index in [4.69, 9.17) is 4.74 Å². The molecule has 0 aliphatic rings. The number of hydrogen-bond acceptors (Lipinski definition) is 5. The van der Waals surface area contributed by atoms with Crippen LogP contribution in [0.25, 0.3) is 5.52 Å². The minimum atomic E-state index is -0.194. The van der Waals surface area contributed by atoms with Crippen molar-refractivity contribution in [3.05, 3.63) is 48.8 Å². The van der Waals surface area contributed by atoms with E-state index < -0.39 is 0 Å². The molecule has 0 spiro atoms. The van der Waals surface area contributed by atoms with Gasteiger partial charge in [-0.3, -0.25) is 14.0 Å². The van der Waals surface area contributed by atoms with Crippen LogP contribution in [0.15, 0.2) is 53.9 Å². The second-order valence-corrected chi connectivity index (χ2v) is 6.41. The van der Waals surface area contributed by atoms with Gasteiger partial charge in [0.05, 0.1) is 30.3 Å². The van der Waals surface area contributed by atoms with Crippen LogP contribution in [0.5, 0.6) is 5.75 Å². The summed E-state index contributed by atoms with van der Waals surface area (Å²) in [7, 11) is 1.52. The molecule has 134 valence electrons. The van der Waals surface area contributed by atoms with Crippen molar-refractivity contribution in [2.75, 3.05) is 23.5 Å². The van der Waals surface area contributed by atoms with Gasteiger partial charge in [-0.25, -0.2) is 4.98 Å². The Kier molecular flexibility index (Phi) is 5.43. The molecular weight excluding hydrogens is 352 g/mol. The topological polar surface area (TPSA) is 84.7 Å². The summed E-state index contributed by atoms with van der Waals surface area (Å²) in [5.74, 6) is 0.334. The number of ether oxygens (including phenoxy) is 1. The molecule has 0 saturated carbocycles. The summed E-state index contributed by atoms with van der Waals surface area (Å²) in [5.41, 5.74) is 2.05. The lowest BCUT2D eigenvalue weighted by Crippen LogP contribution is -2.15. The summed E-state index contributed by atoms with van der Waals surface area (Å²) in [6.45, 7) is 1.42. The first kappa shape index (κ1) is 17.8. The van der Waals surface area contributed by atoms with E-state index in [9.17, 15) is 9.59 Å². The zero-order valence-electron chi connectivity index (χ0n) is 14.4. The molecule has 1 aromatic carbocycles. The minimum absolute atomic E-state index is 0.186. The van der Waals surface area contributed by atoms with Crippen molar-refractivity contribution in [2.45, 2.75) is 12.1 Å². The molecular formula is C18H18N4O3S. The van der Waals surface area contributed by atoms with Gasteiger partial charge in [0.25, 0.3) is 0 Å². The molecule has 2 aromatic heterocycles.